The van der Waals surface area contributed by atoms with Crippen LogP contribution in [0, 0.1) is 0 Å². The molecular formula is C34H33N5O5. The molecule has 0 bridgehead atoms. The number of nitrogens with two attached hydrogens (primary N) is 2. The average Bonchev–Trinajstić information content (AvgIpc) is 3.04. The van der Waals surface area contributed by atoms with Gasteiger partial charge in [0.15, 0.2) is 0 Å². The zero-order chi connectivity index (χ0) is 31.0. The first-order valence-corrected chi connectivity index (χ1v) is 14.8. The predicted octanol–water partition coefficient (Wildman–Crippen LogP) is 3.17. The molecule has 4 aromatic carbocycles. The SMILES string of the molecule is NCCCCC(N)C(=O)N(CCN1C(=O)c2cccc3cccc(c23)C1=O)CCN1C(=O)c2cccc3cccc(c23)C1=O. The molecule has 10 heteroatoms. The molecule has 4 N–H and O–H groups in total. The highest BCUT2D eigenvalue weighted by Gasteiger charge is 2.35. The summed E-state index contributed by atoms with van der Waals surface area (Å²) >= 11 is 0. The number of rotatable bonds is 11. The van der Waals surface area contributed by atoms with Gasteiger partial charge in [0.1, 0.15) is 0 Å². The summed E-state index contributed by atoms with van der Waals surface area (Å²) in [5, 5.41) is 2.84. The summed E-state index contributed by atoms with van der Waals surface area (Å²) in [6, 6.07) is 20.4. The monoisotopic (exact) mass is 591 g/mol. The van der Waals surface area contributed by atoms with Gasteiger partial charge in [-0.1, -0.05) is 55.0 Å². The Hall–Kier alpha value is -4.93. The average molecular weight is 592 g/mol. The van der Waals surface area contributed by atoms with E-state index in [2.05, 4.69) is 0 Å². The topological polar surface area (TPSA) is 147 Å². The van der Waals surface area contributed by atoms with Crippen molar-refractivity contribution in [3.63, 3.8) is 0 Å². The number of carbonyl (C=O) groups is 5. The fourth-order valence-electron chi connectivity index (χ4n) is 6.21. The molecule has 0 saturated carbocycles. The zero-order valence-electron chi connectivity index (χ0n) is 24.2. The summed E-state index contributed by atoms with van der Waals surface area (Å²) in [7, 11) is 0. The largest absolute Gasteiger partial charge is 0.338 e. The third-order valence-electron chi connectivity index (χ3n) is 8.50. The van der Waals surface area contributed by atoms with Crippen molar-refractivity contribution in [3.8, 4) is 0 Å². The number of hydrogen-bond donors (Lipinski definition) is 2. The third kappa shape index (κ3) is 5.01. The number of imide groups is 2. The number of carbonyl (C=O) groups excluding carboxylic acids is 5. The maximum Gasteiger partial charge on any atom is 0.261 e. The second kappa shape index (κ2) is 12.0. The number of amides is 5. The summed E-state index contributed by atoms with van der Waals surface area (Å²) in [4.78, 5) is 71.2. The highest BCUT2D eigenvalue weighted by atomic mass is 16.2. The molecule has 6 rings (SSSR count). The molecule has 0 radical (unpaired) electrons. The molecule has 1 unspecified atom stereocenters. The number of unbranched alkanes of at least 4 members (excludes halogenated alkanes) is 1. The van der Waals surface area contributed by atoms with E-state index < -0.39 is 29.7 Å². The van der Waals surface area contributed by atoms with Gasteiger partial charge in [-0.05, 0) is 54.4 Å². The Balaban J connectivity index is 1.23. The Kier molecular flexibility index (Phi) is 7.94. The summed E-state index contributed by atoms with van der Waals surface area (Å²) in [6.07, 6.45) is 1.77. The Morgan fingerprint density at radius 2 is 1.02 bits per heavy atom. The summed E-state index contributed by atoms with van der Waals surface area (Å²) in [6.45, 7) is 0.301. The van der Waals surface area contributed by atoms with E-state index in [0.29, 0.717) is 58.8 Å². The van der Waals surface area contributed by atoms with Crippen LogP contribution in [-0.4, -0.2) is 83.0 Å². The summed E-state index contributed by atoms with van der Waals surface area (Å²) in [5.41, 5.74) is 13.6. The predicted molar refractivity (Wildman–Crippen MR) is 166 cm³/mol. The van der Waals surface area contributed by atoms with E-state index in [4.69, 9.17) is 11.5 Å². The van der Waals surface area contributed by atoms with Gasteiger partial charge in [0.2, 0.25) is 5.91 Å². The number of benzene rings is 4. The molecule has 2 heterocycles. The van der Waals surface area contributed by atoms with Gasteiger partial charge < -0.3 is 16.4 Å². The second-order valence-electron chi connectivity index (χ2n) is 11.2. The minimum atomic E-state index is -0.842. The molecule has 2 aliphatic rings. The van der Waals surface area contributed by atoms with Gasteiger partial charge in [-0.15, -0.1) is 0 Å². The lowest BCUT2D eigenvalue weighted by Gasteiger charge is -2.33. The van der Waals surface area contributed by atoms with Gasteiger partial charge in [0.05, 0.1) is 6.04 Å². The van der Waals surface area contributed by atoms with E-state index >= 15 is 0 Å². The van der Waals surface area contributed by atoms with Gasteiger partial charge in [-0.3, -0.25) is 33.8 Å². The fraction of sp³-hybridized carbons (Fsp3) is 0.265. The van der Waals surface area contributed by atoms with Crippen LogP contribution in [0.1, 0.15) is 60.7 Å². The summed E-state index contributed by atoms with van der Waals surface area (Å²) < 4.78 is 0. The number of nitrogens with zero attached hydrogens (tertiary/aromatic N) is 3. The van der Waals surface area contributed by atoms with Crippen molar-refractivity contribution >= 4 is 51.1 Å². The molecule has 44 heavy (non-hydrogen) atoms. The maximum atomic E-state index is 13.6. The first-order chi connectivity index (χ1) is 21.3. The smallest absolute Gasteiger partial charge is 0.261 e. The minimum Gasteiger partial charge on any atom is -0.338 e. The van der Waals surface area contributed by atoms with E-state index in [1.165, 1.54) is 4.90 Å². The Labute approximate surface area is 254 Å². The lowest BCUT2D eigenvalue weighted by Crippen LogP contribution is -2.52. The first kappa shape index (κ1) is 29.2. The van der Waals surface area contributed by atoms with E-state index in [-0.39, 0.29) is 32.1 Å². The van der Waals surface area contributed by atoms with Crippen LogP contribution in [0.25, 0.3) is 21.5 Å². The molecular weight excluding hydrogens is 558 g/mol. The van der Waals surface area contributed by atoms with Crippen LogP contribution in [-0.2, 0) is 4.79 Å². The normalized spacial score (nSPS) is 15.0. The van der Waals surface area contributed by atoms with E-state index in [9.17, 15) is 24.0 Å². The van der Waals surface area contributed by atoms with E-state index in [0.717, 1.165) is 20.6 Å². The van der Waals surface area contributed by atoms with Crippen molar-refractivity contribution in [2.75, 3.05) is 32.7 Å². The Morgan fingerprint density at radius 3 is 1.39 bits per heavy atom. The zero-order valence-corrected chi connectivity index (χ0v) is 24.2. The van der Waals surface area contributed by atoms with Crippen molar-refractivity contribution < 1.29 is 24.0 Å². The summed E-state index contributed by atoms with van der Waals surface area (Å²) in [5.74, 6) is -2.15. The molecule has 5 amide bonds. The van der Waals surface area contributed by atoms with Crippen molar-refractivity contribution in [3.05, 3.63) is 95.1 Å². The molecule has 0 aromatic heterocycles. The molecule has 0 aliphatic carbocycles. The van der Waals surface area contributed by atoms with Gasteiger partial charge in [0.25, 0.3) is 23.6 Å². The standard InChI is InChI=1S/C34H33N5O5/c35-16-2-1-15-27(36)34(44)37(17-19-38-30(40)23-11-3-7-21-8-4-12-24(28(21)23)31(38)41)18-20-39-32(42)25-13-5-9-22-10-6-14-26(29(22)25)33(39)43/h3-14,27H,1-2,15-20,35-36H2. The molecule has 224 valence electrons. The lowest BCUT2D eigenvalue weighted by atomic mass is 9.94. The molecule has 0 spiro atoms. The Morgan fingerprint density at radius 1 is 0.636 bits per heavy atom. The molecule has 0 fully saturated rings. The van der Waals surface area contributed by atoms with Gasteiger partial charge >= 0.3 is 0 Å². The van der Waals surface area contributed by atoms with Crippen LogP contribution in [0.3, 0.4) is 0 Å². The highest BCUT2D eigenvalue weighted by molar-refractivity contribution is 6.26. The van der Waals surface area contributed by atoms with Crippen molar-refractivity contribution in [2.45, 2.75) is 25.3 Å². The third-order valence-corrected chi connectivity index (χ3v) is 8.50. The van der Waals surface area contributed by atoms with Crippen LogP contribution in [0.15, 0.2) is 72.8 Å². The first-order valence-electron chi connectivity index (χ1n) is 14.8. The van der Waals surface area contributed by atoms with Gasteiger partial charge in [0, 0.05) is 59.2 Å². The van der Waals surface area contributed by atoms with Crippen molar-refractivity contribution in [1.82, 2.24) is 14.7 Å². The van der Waals surface area contributed by atoms with E-state index in [1.807, 2.05) is 24.3 Å². The molecule has 4 aromatic rings. The Bertz CT molecular complexity index is 1620. The fourth-order valence-corrected chi connectivity index (χ4v) is 6.21. The quantitative estimate of drug-likeness (QED) is 0.201. The maximum absolute atomic E-state index is 13.6. The van der Waals surface area contributed by atoms with Crippen molar-refractivity contribution in [2.24, 2.45) is 11.5 Å². The van der Waals surface area contributed by atoms with Crippen LogP contribution in [0.5, 0.6) is 0 Å². The van der Waals surface area contributed by atoms with Crippen LogP contribution >= 0.6 is 0 Å². The van der Waals surface area contributed by atoms with Crippen molar-refractivity contribution in [1.29, 1.82) is 0 Å². The second-order valence-corrected chi connectivity index (χ2v) is 11.2. The number of hydrogen-bond acceptors (Lipinski definition) is 7. The van der Waals surface area contributed by atoms with Gasteiger partial charge in [-0.2, -0.15) is 0 Å². The molecule has 10 nitrogen and oxygen atoms in total. The lowest BCUT2D eigenvalue weighted by molar-refractivity contribution is -0.133. The molecule has 1 atom stereocenters. The van der Waals surface area contributed by atoms with Crippen LogP contribution in [0.4, 0.5) is 0 Å². The van der Waals surface area contributed by atoms with Crippen LogP contribution in [0.2, 0.25) is 0 Å². The molecule has 0 saturated heterocycles. The van der Waals surface area contributed by atoms with Gasteiger partial charge in [-0.25, -0.2) is 0 Å². The van der Waals surface area contributed by atoms with Crippen LogP contribution < -0.4 is 11.5 Å². The molecule has 2 aliphatic heterocycles. The van der Waals surface area contributed by atoms with E-state index in [1.54, 1.807) is 48.5 Å². The highest BCUT2D eigenvalue weighted by Crippen LogP contribution is 2.31. The minimum absolute atomic E-state index is 0.0125.